The number of nitrogens with one attached hydrogen (secondary N) is 2. The zero-order valence-electron chi connectivity index (χ0n) is 13.2. The van der Waals surface area contributed by atoms with Crippen molar-refractivity contribution < 1.29 is 23.1 Å². The van der Waals surface area contributed by atoms with Crippen molar-refractivity contribution in [3.8, 4) is 5.75 Å². The summed E-state index contributed by atoms with van der Waals surface area (Å²) in [4.78, 5) is 23.4. The summed E-state index contributed by atoms with van der Waals surface area (Å²) < 4.78 is 31.4. The van der Waals surface area contributed by atoms with Gasteiger partial charge < -0.3 is 4.74 Å². The summed E-state index contributed by atoms with van der Waals surface area (Å²) in [6, 6.07) is 7.93. The number of hydrogen-bond acceptors (Lipinski definition) is 3. The van der Waals surface area contributed by atoms with E-state index in [1.54, 1.807) is 6.07 Å². The van der Waals surface area contributed by atoms with Crippen LogP contribution in [0.25, 0.3) is 0 Å². The number of hydrazine groups is 1. The van der Waals surface area contributed by atoms with Crippen LogP contribution in [0.5, 0.6) is 5.75 Å². The fraction of sp³-hybridized carbons (Fsp3) is 0.176. The Morgan fingerprint density at radius 1 is 1.00 bits per heavy atom. The largest absolute Gasteiger partial charge is 0.483 e. The van der Waals surface area contributed by atoms with Crippen LogP contribution in [0.2, 0.25) is 0 Å². The molecule has 0 fully saturated rings. The van der Waals surface area contributed by atoms with Gasteiger partial charge in [0.15, 0.2) is 6.61 Å². The first-order chi connectivity index (χ1) is 11.3. The van der Waals surface area contributed by atoms with Gasteiger partial charge in [-0.2, -0.15) is 0 Å². The molecule has 0 bridgehead atoms. The molecule has 2 amide bonds. The molecular formula is C17H16F2N2O3. The highest BCUT2D eigenvalue weighted by Crippen LogP contribution is 2.18. The zero-order chi connectivity index (χ0) is 17.7. The fourth-order valence-corrected chi connectivity index (χ4v) is 1.93. The normalized spacial score (nSPS) is 10.2. The number of aryl methyl sites for hydroxylation is 2. The SMILES string of the molecule is Cc1ccc(C)c(OCC(=O)NNC(=O)c2cc(F)cc(F)c2)c1. The molecule has 0 unspecified atom stereocenters. The predicted molar refractivity (Wildman–Crippen MR) is 83.4 cm³/mol. The van der Waals surface area contributed by atoms with Crippen molar-refractivity contribution in [1.82, 2.24) is 10.9 Å². The van der Waals surface area contributed by atoms with Crippen molar-refractivity contribution in [2.24, 2.45) is 0 Å². The molecule has 2 N–H and O–H groups in total. The van der Waals surface area contributed by atoms with E-state index < -0.39 is 23.4 Å². The van der Waals surface area contributed by atoms with Gasteiger partial charge in [0.25, 0.3) is 11.8 Å². The highest BCUT2D eigenvalue weighted by molar-refractivity contribution is 5.95. The second-order valence-electron chi connectivity index (χ2n) is 5.22. The van der Waals surface area contributed by atoms with Crippen molar-refractivity contribution in [3.63, 3.8) is 0 Å². The molecule has 0 aliphatic heterocycles. The molecule has 0 aliphatic rings. The van der Waals surface area contributed by atoms with E-state index in [2.05, 4.69) is 10.9 Å². The Morgan fingerprint density at radius 2 is 1.67 bits per heavy atom. The minimum atomic E-state index is -0.885. The lowest BCUT2D eigenvalue weighted by atomic mass is 10.1. The Hall–Kier alpha value is -2.96. The molecule has 2 aromatic carbocycles. The molecule has 24 heavy (non-hydrogen) atoms. The van der Waals surface area contributed by atoms with Crippen molar-refractivity contribution in [2.75, 3.05) is 6.61 Å². The van der Waals surface area contributed by atoms with Crippen LogP contribution >= 0.6 is 0 Å². The smallest absolute Gasteiger partial charge is 0.276 e. The van der Waals surface area contributed by atoms with Gasteiger partial charge in [-0.05, 0) is 43.2 Å². The Balaban J connectivity index is 1.86. The summed E-state index contributed by atoms with van der Waals surface area (Å²) in [5.41, 5.74) is 5.78. The van der Waals surface area contributed by atoms with Crippen molar-refractivity contribution >= 4 is 11.8 Å². The number of carbonyl (C=O) groups excluding carboxylic acids is 2. The molecule has 0 saturated heterocycles. The van der Waals surface area contributed by atoms with Crippen molar-refractivity contribution in [3.05, 3.63) is 64.7 Å². The summed E-state index contributed by atoms with van der Waals surface area (Å²) in [6.07, 6.45) is 0. The molecule has 5 nitrogen and oxygen atoms in total. The summed E-state index contributed by atoms with van der Waals surface area (Å²) in [6.45, 7) is 3.42. The molecule has 0 heterocycles. The summed E-state index contributed by atoms with van der Waals surface area (Å²) in [7, 11) is 0. The van der Waals surface area contributed by atoms with Gasteiger partial charge in [0.1, 0.15) is 17.4 Å². The van der Waals surface area contributed by atoms with Crippen LogP contribution in [0.3, 0.4) is 0 Å². The Labute approximate surface area is 137 Å². The standard InChI is InChI=1S/C17H16F2N2O3/c1-10-3-4-11(2)15(5-10)24-9-16(22)20-21-17(23)12-6-13(18)8-14(19)7-12/h3-8H,9H2,1-2H3,(H,20,22)(H,21,23). The van der Waals surface area contributed by atoms with E-state index in [1.165, 1.54) is 0 Å². The van der Waals surface area contributed by atoms with E-state index in [-0.39, 0.29) is 12.2 Å². The number of benzene rings is 2. The number of ether oxygens (including phenoxy) is 1. The lowest BCUT2D eigenvalue weighted by molar-refractivity contribution is -0.123. The van der Waals surface area contributed by atoms with Crippen LogP contribution < -0.4 is 15.6 Å². The Bertz CT molecular complexity index is 758. The molecule has 0 saturated carbocycles. The first-order valence-corrected chi connectivity index (χ1v) is 7.10. The molecule has 2 aromatic rings. The molecule has 2 rings (SSSR count). The third kappa shape index (κ3) is 4.77. The lowest BCUT2D eigenvalue weighted by Gasteiger charge is -2.11. The summed E-state index contributed by atoms with van der Waals surface area (Å²) in [5, 5.41) is 0. The fourth-order valence-electron chi connectivity index (χ4n) is 1.93. The topological polar surface area (TPSA) is 67.4 Å². The van der Waals surface area contributed by atoms with Crippen LogP contribution in [-0.4, -0.2) is 18.4 Å². The van der Waals surface area contributed by atoms with Crippen molar-refractivity contribution in [1.29, 1.82) is 0 Å². The molecule has 0 spiro atoms. The number of halogens is 2. The van der Waals surface area contributed by atoms with Crippen LogP contribution in [0.1, 0.15) is 21.5 Å². The number of carbonyl (C=O) groups is 2. The van der Waals surface area contributed by atoms with Gasteiger partial charge >= 0.3 is 0 Å². The summed E-state index contributed by atoms with van der Waals surface area (Å²) >= 11 is 0. The molecular weight excluding hydrogens is 318 g/mol. The van der Waals surface area contributed by atoms with Gasteiger partial charge in [-0.15, -0.1) is 0 Å². The van der Waals surface area contributed by atoms with Crippen LogP contribution in [0, 0.1) is 25.5 Å². The van der Waals surface area contributed by atoms with Gasteiger partial charge in [0, 0.05) is 11.6 Å². The Morgan fingerprint density at radius 3 is 2.33 bits per heavy atom. The van der Waals surface area contributed by atoms with Crippen LogP contribution in [0.15, 0.2) is 36.4 Å². The first-order valence-electron chi connectivity index (χ1n) is 7.10. The minimum absolute atomic E-state index is 0.247. The van der Waals surface area contributed by atoms with E-state index in [0.717, 1.165) is 23.3 Å². The maximum absolute atomic E-state index is 13.0. The van der Waals surface area contributed by atoms with Gasteiger partial charge in [0.05, 0.1) is 0 Å². The van der Waals surface area contributed by atoms with E-state index in [1.807, 2.05) is 26.0 Å². The van der Waals surface area contributed by atoms with Crippen LogP contribution in [-0.2, 0) is 4.79 Å². The third-order valence-corrected chi connectivity index (χ3v) is 3.14. The van der Waals surface area contributed by atoms with E-state index in [0.29, 0.717) is 11.8 Å². The van der Waals surface area contributed by atoms with Gasteiger partial charge in [0.2, 0.25) is 0 Å². The summed E-state index contributed by atoms with van der Waals surface area (Å²) in [5.74, 6) is -2.66. The second-order valence-corrected chi connectivity index (χ2v) is 5.22. The molecule has 0 aliphatic carbocycles. The first kappa shape index (κ1) is 17.4. The van der Waals surface area contributed by atoms with Gasteiger partial charge in [-0.1, -0.05) is 12.1 Å². The monoisotopic (exact) mass is 334 g/mol. The molecule has 0 aromatic heterocycles. The Kier molecular flexibility index (Phi) is 5.47. The third-order valence-electron chi connectivity index (χ3n) is 3.14. The predicted octanol–water partition coefficient (Wildman–Crippen LogP) is 2.42. The maximum atomic E-state index is 13.0. The van der Waals surface area contributed by atoms with E-state index >= 15 is 0 Å². The highest BCUT2D eigenvalue weighted by Gasteiger charge is 2.11. The van der Waals surface area contributed by atoms with E-state index in [9.17, 15) is 18.4 Å². The quantitative estimate of drug-likeness (QED) is 0.844. The lowest BCUT2D eigenvalue weighted by Crippen LogP contribution is -2.43. The number of hydrogen-bond donors (Lipinski definition) is 2. The molecule has 0 atom stereocenters. The minimum Gasteiger partial charge on any atom is -0.483 e. The highest BCUT2D eigenvalue weighted by atomic mass is 19.1. The average Bonchev–Trinajstić information content (AvgIpc) is 2.52. The maximum Gasteiger partial charge on any atom is 0.276 e. The van der Waals surface area contributed by atoms with Gasteiger partial charge in [-0.3, -0.25) is 20.4 Å². The van der Waals surface area contributed by atoms with E-state index in [4.69, 9.17) is 4.74 Å². The molecule has 7 heteroatoms. The number of rotatable bonds is 4. The molecule has 126 valence electrons. The number of amides is 2. The van der Waals surface area contributed by atoms with Gasteiger partial charge in [-0.25, -0.2) is 8.78 Å². The zero-order valence-corrected chi connectivity index (χ0v) is 13.2. The van der Waals surface area contributed by atoms with Crippen molar-refractivity contribution in [2.45, 2.75) is 13.8 Å². The second kappa shape index (κ2) is 7.54. The molecule has 0 radical (unpaired) electrons. The average molecular weight is 334 g/mol. The van der Waals surface area contributed by atoms with Crippen LogP contribution in [0.4, 0.5) is 8.78 Å².